The number of hydrogen-bond acceptors (Lipinski definition) is 6. The van der Waals surface area contributed by atoms with Crippen LogP contribution in [0.2, 0.25) is 0 Å². The Kier molecular flexibility index (Phi) is 5.89. The van der Waals surface area contributed by atoms with Crippen molar-refractivity contribution in [1.29, 1.82) is 5.26 Å². The summed E-state index contributed by atoms with van der Waals surface area (Å²) >= 11 is 0. The van der Waals surface area contributed by atoms with Crippen LogP contribution in [0.3, 0.4) is 0 Å². The molecule has 2 N–H and O–H groups in total. The van der Waals surface area contributed by atoms with Crippen molar-refractivity contribution in [3.63, 3.8) is 0 Å². The number of ether oxygens (including phenoxy) is 1. The van der Waals surface area contributed by atoms with Gasteiger partial charge in [-0.2, -0.15) is 23.5 Å². The van der Waals surface area contributed by atoms with E-state index in [1.54, 1.807) is 37.4 Å². The lowest BCUT2D eigenvalue weighted by Gasteiger charge is -2.40. The Bertz CT molecular complexity index is 1490. The molecule has 2 fully saturated rings. The van der Waals surface area contributed by atoms with Crippen molar-refractivity contribution in [1.82, 2.24) is 14.7 Å². The zero-order valence-electron chi connectivity index (χ0n) is 21.4. The van der Waals surface area contributed by atoms with E-state index in [2.05, 4.69) is 21.4 Å². The zero-order chi connectivity index (χ0) is 27.6. The third-order valence-electron chi connectivity index (χ3n) is 8.36. The van der Waals surface area contributed by atoms with Gasteiger partial charge in [-0.15, -0.1) is 0 Å². The molecule has 204 valence electrons. The van der Waals surface area contributed by atoms with Crippen LogP contribution in [0, 0.1) is 11.3 Å². The zero-order valence-corrected chi connectivity index (χ0v) is 21.4. The predicted octanol–water partition coefficient (Wildman–Crippen LogP) is 4.38. The van der Waals surface area contributed by atoms with Crippen molar-refractivity contribution < 1.29 is 27.8 Å². The molecule has 2 aliphatic heterocycles. The summed E-state index contributed by atoms with van der Waals surface area (Å²) in [6.07, 6.45) is -0.961. The summed E-state index contributed by atoms with van der Waals surface area (Å²) in [5, 5.41) is 26.8. The van der Waals surface area contributed by atoms with Crippen molar-refractivity contribution in [2.45, 2.75) is 55.8 Å². The Morgan fingerprint density at radius 3 is 2.64 bits per heavy atom. The van der Waals surface area contributed by atoms with E-state index in [9.17, 15) is 28.3 Å². The van der Waals surface area contributed by atoms with Crippen LogP contribution in [0.25, 0.3) is 10.9 Å². The molecule has 0 bridgehead atoms. The van der Waals surface area contributed by atoms with E-state index in [4.69, 9.17) is 4.74 Å². The first kappa shape index (κ1) is 25.6. The maximum absolute atomic E-state index is 13.9. The molecule has 3 aliphatic rings. The SMILES string of the molecule is CC1(O)CC(n2cc3cc(OCCN4CCC5(CC4)C(=O)Nc4ccc(C#N)cc45)cc(C(F)(F)F)c3n2)C1. The second-order valence-corrected chi connectivity index (χ2v) is 11.2. The average molecular weight is 540 g/mol. The number of aliphatic hydroxyl groups is 1. The molecule has 0 unspecified atom stereocenters. The minimum atomic E-state index is -4.59. The van der Waals surface area contributed by atoms with Crippen LogP contribution >= 0.6 is 0 Å². The number of carbonyl (C=O) groups excluding carboxylic acids is 1. The molecule has 1 aromatic heterocycles. The molecule has 1 amide bonds. The van der Waals surface area contributed by atoms with Crippen molar-refractivity contribution in [3.8, 4) is 11.8 Å². The highest BCUT2D eigenvalue weighted by Gasteiger charge is 2.48. The minimum absolute atomic E-state index is 0.0532. The van der Waals surface area contributed by atoms with E-state index in [-0.39, 0.29) is 29.8 Å². The number of halogens is 3. The molecule has 11 heteroatoms. The van der Waals surface area contributed by atoms with E-state index in [0.29, 0.717) is 56.3 Å². The number of hydrogen-bond donors (Lipinski definition) is 2. The number of benzene rings is 2. The van der Waals surface area contributed by atoms with Crippen LogP contribution in [0.1, 0.15) is 55.3 Å². The van der Waals surface area contributed by atoms with E-state index in [1.807, 2.05) is 0 Å². The Labute approximate surface area is 223 Å². The number of rotatable bonds is 5. The third-order valence-corrected chi connectivity index (χ3v) is 8.36. The Morgan fingerprint density at radius 1 is 1.23 bits per heavy atom. The van der Waals surface area contributed by atoms with Gasteiger partial charge in [0.1, 0.15) is 17.9 Å². The summed E-state index contributed by atoms with van der Waals surface area (Å²) in [6, 6.07) is 9.81. The highest BCUT2D eigenvalue weighted by molar-refractivity contribution is 6.06. The molecule has 3 aromatic rings. The topological polar surface area (TPSA) is 103 Å². The number of anilines is 1. The molecule has 0 radical (unpaired) electrons. The summed E-state index contributed by atoms with van der Waals surface area (Å²) in [4.78, 5) is 15.0. The molecule has 1 spiro atoms. The van der Waals surface area contributed by atoms with Gasteiger partial charge in [0.25, 0.3) is 0 Å². The smallest absolute Gasteiger partial charge is 0.418 e. The summed E-state index contributed by atoms with van der Waals surface area (Å²) in [6.45, 7) is 3.64. The van der Waals surface area contributed by atoms with Crippen LogP contribution in [-0.2, 0) is 16.4 Å². The summed E-state index contributed by atoms with van der Waals surface area (Å²) in [5.41, 5.74) is -0.331. The molecule has 1 saturated carbocycles. The molecule has 8 nitrogen and oxygen atoms in total. The van der Waals surface area contributed by atoms with Gasteiger partial charge in [-0.25, -0.2) is 0 Å². The van der Waals surface area contributed by atoms with Gasteiger partial charge in [0.2, 0.25) is 5.91 Å². The fourth-order valence-electron chi connectivity index (χ4n) is 6.19. The second kappa shape index (κ2) is 8.96. The number of piperidine rings is 1. The fourth-order valence-corrected chi connectivity index (χ4v) is 6.19. The summed E-state index contributed by atoms with van der Waals surface area (Å²) in [5.74, 6) is 0.0686. The monoisotopic (exact) mass is 539 g/mol. The maximum Gasteiger partial charge on any atom is 0.418 e. The lowest BCUT2D eigenvalue weighted by molar-refractivity contribution is -0.136. The van der Waals surface area contributed by atoms with Crippen LogP contribution < -0.4 is 10.1 Å². The normalized spacial score (nSPS) is 24.3. The molecule has 1 saturated heterocycles. The first-order valence-corrected chi connectivity index (χ1v) is 13.0. The average Bonchev–Trinajstić information content (AvgIpc) is 3.41. The lowest BCUT2D eigenvalue weighted by atomic mass is 9.73. The predicted molar refractivity (Wildman–Crippen MR) is 136 cm³/mol. The highest BCUT2D eigenvalue weighted by atomic mass is 19.4. The number of amides is 1. The van der Waals surface area contributed by atoms with Gasteiger partial charge in [-0.3, -0.25) is 14.4 Å². The number of nitrogens with one attached hydrogen (secondary N) is 1. The molecule has 39 heavy (non-hydrogen) atoms. The van der Waals surface area contributed by atoms with Gasteiger partial charge in [0.15, 0.2) is 0 Å². The standard InChI is InChI=1S/C28H28F3N5O3/c1-26(38)13-19(14-26)36-16-18-11-20(12-22(24(18)34-36)28(29,30)31)39-9-8-35-6-4-27(5-7-35)21-10-17(15-32)2-3-23(21)33-25(27)37/h2-3,10-12,16,19,38H,4-9,13-14H2,1H3,(H,33,37). The quantitative estimate of drug-likeness (QED) is 0.499. The van der Waals surface area contributed by atoms with E-state index >= 15 is 0 Å². The number of nitrogens with zero attached hydrogens (tertiary/aromatic N) is 4. The Balaban J connectivity index is 1.12. The van der Waals surface area contributed by atoms with Gasteiger partial charge in [-0.1, -0.05) is 0 Å². The van der Waals surface area contributed by atoms with Crippen molar-refractivity contribution >= 4 is 22.5 Å². The second-order valence-electron chi connectivity index (χ2n) is 11.2. The first-order valence-electron chi connectivity index (χ1n) is 13.0. The van der Waals surface area contributed by atoms with Gasteiger partial charge >= 0.3 is 6.18 Å². The van der Waals surface area contributed by atoms with Crippen molar-refractivity contribution in [3.05, 3.63) is 53.2 Å². The minimum Gasteiger partial charge on any atom is -0.492 e. The molecular formula is C28H28F3N5O3. The number of carbonyl (C=O) groups is 1. The fraction of sp³-hybridized carbons (Fsp3) is 0.464. The molecule has 3 heterocycles. The summed E-state index contributed by atoms with van der Waals surface area (Å²) in [7, 11) is 0. The Morgan fingerprint density at radius 2 is 1.97 bits per heavy atom. The number of aromatic nitrogens is 2. The van der Waals surface area contributed by atoms with E-state index in [0.717, 1.165) is 17.3 Å². The van der Waals surface area contributed by atoms with Gasteiger partial charge in [-0.05, 0) is 81.6 Å². The molecule has 6 rings (SSSR count). The van der Waals surface area contributed by atoms with E-state index in [1.165, 1.54) is 4.68 Å². The largest absolute Gasteiger partial charge is 0.492 e. The molecule has 2 aromatic carbocycles. The van der Waals surface area contributed by atoms with Gasteiger partial charge in [0.05, 0.1) is 34.3 Å². The number of alkyl halides is 3. The van der Waals surface area contributed by atoms with Crippen molar-refractivity contribution in [2.75, 3.05) is 31.6 Å². The number of likely N-dealkylation sites (tertiary alicyclic amines) is 1. The van der Waals surface area contributed by atoms with Crippen LogP contribution in [0.15, 0.2) is 36.5 Å². The Hall–Kier alpha value is -3.62. The van der Waals surface area contributed by atoms with Gasteiger partial charge in [0, 0.05) is 23.8 Å². The molecule has 1 aliphatic carbocycles. The van der Waals surface area contributed by atoms with Crippen LogP contribution in [0.5, 0.6) is 5.75 Å². The maximum atomic E-state index is 13.9. The van der Waals surface area contributed by atoms with Crippen molar-refractivity contribution in [2.24, 2.45) is 0 Å². The third kappa shape index (κ3) is 4.51. The van der Waals surface area contributed by atoms with Gasteiger partial charge < -0.3 is 15.2 Å². The molecular weight excluding hydrogens is 511 g/mol. The van der Waals surface area contributed by atoms with Crippen LogP contribution in [-0.4, -0.2) is 57.5 Å². The lowest BCUT2D eigenvalue weighted by Crippen LogP contribution is -2.47. The van der Waals surface area contributed by atoms with E-state index < -0.39 is 22.8 Å². The number of nitriles is 1. The number of fused-ring (bicyclic) bond motifs is 3. The highest BCUT2D eigenvalue weighted by Crippen LogP contribution is 2.46. The molecule has 0 atom stereocenters. The van der Waals surface area contributed by atoms with Crippen LogP contribution in [0.4, 0.5) is 18.9 Å². The first-order chi connectivity index (χ1) is 18.5. The summed E-state index contributed by atoms with van der Waals surface area (Å²) < 4.78 is 48.9.